The molecule has 0 spiro atoms. The van der Waals surface area contributed by atoms with Crippen molar-refractivity contribution in [3.05, 3.63) is 49.5 Å². The largest absolute Gasteiger partial charge is 0.444 e. The number of rotatable bonds is 4. The van der Waals surface area contributed by atoms with E-state index in [9.17, 15) is 14.4 Å². The molecule has 28 heavy (non-hydrogen) atoms. The van der Waals surface area contributed by atoms with Gasteiger partial charge in [-0.2, -0.15) is 0 Å². The fourth-order valence-electron chi connectivity index (χ4n) is 3.49. The van der Waals surface area contributed by atoms with Crippen LogP contribution in [-0.4, -0.2) is 46.1 Å². The number of halogens is 1. The molecule has 152 valence electrons. The van der Waals surface area contributed by atoms with Gasteiger partial charge >= 0.3 is 5.69 Å². The highest BCUT2D eigenvalue weighted by molar-refractivity contribution is 9.10. The Morgan fingerprint density at radius 3 is 2.11 bits per heavy atom. The molecule has 1 fully saturated rings. The van der Waals surface area contributed by atoms with Crippen molar-refractivity contribution in [1.29, 1.82) is 0 Å². The van der Waals surface area contributed by atoms with Gasteiger partial charge in [-0.25, -0.2) is 4.79 Å². The zero-order chi connectivity index (χ0) is 20.6. The van der Waals surface area contributed by atoms with Gasteiger partial charge in [0.1, 0.15) is 5.82 Å². The van der Waals surface area contributed by atoms with Gasteiger partial charge in [0.25, 0.3) is 11.5 Å². The van der Waals surface area contributed by atoms with E-state index in [1.165, 1.54) is 10.6 Å². The van der Waals surface area contributed by atoms with Crippen LogP contribution < -0.4 is 16.1 Å². The van der Waals surface area contributed by atoms with Gasteiger partial charge in [-0.05, 0) is 55.8 Å². The summed E-state index contributed by atoms with van der Waals surface area (Å²) in [6.07, 6.45) is 0. The predicted molar refractivity (Wildman–Crippen MR) is 110 cm³/mol. The van der Waals surface area contributed by atoms with Crippen molar-refractivity contribution in [3.63, 3.8) is 0 Å². The van der Waals surface area contributed by atoms with E-state index in [0.29, 0.717) is 42.4 Å². The lowest BCUT2D eigenvalue weighted by Crippen LogP contribution is -2.51. The van der Waals surface area contributed by atoms with E-state index < -0.39 is 0 Å². The SMILES string of the molecule is CC(C)n1c(N2CCN(C(=O)c3ccc(Br)o3)CC2)cc(=O)n(C(C)C)c1=O. The summed E-state index contributed by atoms with van der Waals surface area (Å²) in [5.41, 5.74) is -0.600. The summed E-state index contributed by atoms with van der Waals surface area (Å²) in [5, 5.41) is 0. The van der Waals surface area contributed by atoms with Crippen molar-refractivity contribution < 1.29 is 9.21 Å². The Labute approximate surface area is 171 Å². The highest BCUT2D eigenvalue weighted by atomic mass is 79.9. The summed E-state index contributed by atoms with van der Waals surface area (Å²) in [4.78, 5) is 41.7. The maximum Gasteiger partial charge on any atom is 0.333 e. The number of carbonyl (C=O) groups excluding carboxylic acids is 1. The van der Waals surface area contributed by atoms with Crippen molar-refractivity contribution in [2.45, 2.75) is 39.8 Å². The third kappa shape index (κ3) is 3.80. The molecule has 2 aromatic heterocycles. The second kappa shape index (κ2) is 7.98. The van der Waals surface area contributed by atoms with Crippen LogP contribution in [0.4, 0.5) is 5.82 Å². The molecule has 0 aromatic carbocycles. The maximum absolute atomic E-state index is 12.9. The van der Waals surface area contributed by atoms with Crippen molar-refractivity contribution in [2.24, 2.45) is 0 Å². The Hall–Kier alpha value is -2.29. The predicted octanol–water partition coefficient (Wildman–Crippen LogP) is 2.49. The Morgan fingerprint density at radius 1 is 1.00 bits per heavy atom. The van der Waals surface area contributed by atoms with Crippen molar-refractivity contribution in [1.82, 2.24) is 14.0 Å². The van der Waals surface area contributed by atoms with Crippen LogP contribution in [0.25, 0.3) is 0 Å². The first-order chi connectivity index (χ1) is 13.2. The number of nitrogens with zero attached hydrogens (tertiary/aromatic N) is 4. The van der Waals surface area contributed by atoms with Gasteiger partial charge in [-0.3, -0.25) is 18.7 Å². The number of anilines is 1. The van der Waals surface area contributed by atoms with Crippen molar-refractivity contribution in [3.8, 4) is 0 Å². The van der Waals surface area contributed by atoms with E-state index in [2.05, 4.69) is 15.9 Å². The lowest BCUT2D eigenvalue weighted by molar-refractivity contribution is 0.0712. The molecule has 1 aliphatic rings. The van der Waals surface area contributed by atoms with Gasteiger partial charge in [-0.15, -0.1) is 0 Å². The molecule has 0 saturated carbocycles. The number of hydrogen-bond donors (Lipinski definition) is 0. The van der Waals surface area contributed by atoms with E-state index in [4.69, 9.17) is 4.42 Å². The van der Waals surface area contributed by atoms with Crippen LogP contribution in [0.5, 0.6) is 0 Å². The van der Waals surface area contributed by atoms with Gasteiger partial charge in [0.15, 0.2) is 10.4 Å². The average Bonchev–Trinajstić information content (AvgIpc) is 3.06. The minimum atomic E-state index is -0.300. The molecule has 0 bridgehead atoms. The lowest BCUT2D eigenvalue weighted by atomic mass is 10.2. The number of piperazine rings is 1. The van der Waals surface area contributed by atoms with E-state index in [0.717, 1.165) is 0 Å². The molecular weight excluding hydrogens is 428 g/mol. The second-order valence-electron chi connectivity index (χ2n) is 7.43. The standard InChI is InChI=1S/C19H25BrN4O4/c1-12(2)23-16(11-17(25)24(13(3)4)19(23)27)21-7-9-22(10-8-21)18(26)14-5-6-15(20)28-14/h5-6,11-13H,7-10H2,1-4H3. The average molecular weight is 453 g/mol. The van der Waals surface area contributed by atoms with Crippen LogP contribution in [0.1, 0.15) is 50.3 Å². The first kappa shape index (κ1) is 20.4. The van der Waals surface area contributed by atoms with Crippen molar-refractivity contribution >= 4 is 27.7 Å². The van der Waals surface area contributed by atoms with E-state index in [1.807, 2.05) is 32.6 Å². The first-order valence-corrected chi connectivity index (χ1v) is 10.2. The molecule has 8 nitrogen and oxygen atoms in total. The Morgan fingerprint density at radius 2 is 1.61 bits per heavy atom. The number of aromatic nitrogens is 2. The Kier molecular flexibility index (Phi) is 5.83. The maximum atomic E-state index is 12.9. The summed E-state index contributed by atoms with van der Waals surface area (Å²) >= 11 is 3.21. The van der Waals surface area contributed by atoms with Crippen LogP contribution in [0.2, 0.25) is 0 Å². The first-order valence-electron chi connectivity index (χ1n) is 9.38. The topological polar surface area (TPSA) is 80.7 Å². The molecule has 1 saturated heterocycles. The molecule has 0 aliphatic carbocycles. The normalized spacial score (nSPS) is 15.0. The second-order valence-corrected chi connectivity index (χ2v) is 8.22. The molecule has 3 heterocycles. The zero-order valence-electron chi connectivity index (χ0n) is 16.5. The third-order valence-corrected chi connectivity index (χ3v) is 5.28. The highest BCUT2D eigenvalue weighted by Gasteiger charge is 2.27. The van der Waals surface area contributed by atoms with Crippen LogP contribution >= 0.6 is 15.9 Å². The molecule has 1 amide bonds. The van der Waals surface area contributed by atoms with E-state index >= 15 is 0 Å². The lowest BCUT2D eigenvalue weighted by Gasteiger charge is -2.37. The molecule has 0 atom stereocenters. The molecule has 9 heteroatoms. The third-order valence-electron chi connectivity index (χ3n) is 4.86. The van der Waals surface area contributed by atoms with E-state index in [-0.39, 0.29) is 29.2 Å². The van der Waals surface area contributed by atoms with Gasteiger partial charge in [0.05, 0.1) is 0 Å². The van der Waals surface area contributed by atoms with Crippen LogP contribution in [0, 0.1) is 0 Å². The fourth-order valence-corrected chi connectivity index (χ4v) is 3.79. The molecule has 2 aromatic rings. The fraction of sp³-hybridized carbons (Fsp3) is 0.526. The molecular formula is C19H25BrN4O4. The Bertz CT molecular complexity index is 981. The number of furan rings is 1. The Balaban J connectivity index is 1.85. The summed E-state index contributed by atoms with van der Waals surface area (Å²) in [6.45, 7) is 9.53. The van der Waals surface area contributed by atoms with Crippen LogP contribution in [0.15, 0.2) is 36.9 Å². The zero-order valence-corrected chi connectivity index (χ0v) is 18.1. The molecule has 0 radical (unpaired) electrons. The van der Waals surface area contributed by atoms with E-state index in [1.54, 1.807) is 21.6 Å². The van der Waals surface area contributed by atoms with Crippen molar-refractivity contribution in [2.75, 3.05) is 31.1 Å². The molecule has 3 rings (SSSR count). The molecule has 0 N–H and O–H groups in total. The summed E-state index contributed by atoms with van der Waals surface area (Å²) in [5.74, 6) is 0.732. The van der Waals surface area contributed by atoms with Gasteiger partial charge < -0.3 is 14.2 Å². The number of amides is 1. The minimum absolute atomic E-state index is 0.0896. The smallest absolute Gasteiger partial charge is 0.333 e. The summed E-state index contributed by atoms with van der Waals surface area (Å²) in [7, 11) is 0. The number of carbonyl (C=O) groups is 1. The van der Waals surface area contributed by atoms with Gasteiger partial charge in [-0.1, -0.05) is 0 Å². The quantitative estimate of drug-likeness (QED) is 0.711. The van der Waals surface area contributed by atoms with Gasteiger partial charge in [0, 0.05) is 44.3 Å². The minimum Gasteiger partial charge on any atom is -0.444 e. The highest BCUT2D eigenvalue weighted by Crippen LogP contribution is 2.20. The number of hydrogen-bond acceptors (Lipinski definition) is 5. The van der Waals surface area contributed by atoms with Crippen LogP contribution in [-0.2, 0) is 0 Å². The molecule has 1 aliphatic heterocycles. The van der Waals surface area contributed by atoms with Crippen LogP contribution in [0.3, 0.4) is 0 Å². The summed E-state index contributed by atoms with van der Waals surface area (Å²) in [6, 6.07) is 4.56. The monoisotopic (exact) mass is 452 g/mol. The molecule has 0 unspecified atom stereocenters. The van der Waals surface area contributed by atoms with Gasteiger partial charge in [0.2, 0.25) is 0 Å². The summed E-state index contributed by atoms with van der Waals surface area (Å²) < 4.78 is 8.80.